The van der Waals surface area contributed by atoms with Crippen LogP contribution in [0.3, 0.4) is 0 Å². The van der Waals surface area contributed by atoms with Gasteiger partial charge in [-0.15, -0.1) is 0 Å². The topological polar surface area (TPSA) is 60.7 Å². The Morgan fingerprint density at radius 3 is 2.20 bits per heavy atom. The third kappa shape index (κ3) is 7.74. The van der Waals surface area contributed by atoms with Crippen molar-refractivity contribution < 1.29 is 18.9 Å². The highest BCUT2D eigenvalue weighted by atomic mass is 16.5. The van der Waals surface area contributed by atoms with Crippen LogP contribution < -0.4 is 4.74 Å². The molecule has 20 heavy (non-hydrogen) atoms. The Morgan fingerprint density at radius 1 is 0.900 bits per heavy atom. The fourth-order valence-corrected chi connectivity index (χ4v) is 1.47. The summed E-state index contributed by atoms with van der Waals surface area (Å²) < 4.78 is 21.1. The van der Waals surface area contributed by atoms with Crippen LogP contribution in [0.1, 0.15) is 12.0 Å². The van der Waals surface area contributed by atoms with Crippen molar-refractivity contribution in [3.63, 3.8) is 0 Å². The zero-order valence-electron chi connectivity index (χ0n) is 11.8. The molecular weight excluding hydrogens is 258 g/mol. The van der Waals surface area contributed by atoms with Crippen molar-refractivity contribution in [3.8, 4) is 11.8 Å². The smallest absolute Gasteiger partial charge is 0.119 e. The maximum absolute atomic E-state index is 8.66. The minimum absolute atomic E-state index is 0.482. The van der Waals surface area contributed by atoms with Gasteiger partial charge < -0.3 is 18.9 Å². The van der Waals surface area contributed by atoms with Crippen molar-refractivity contribution >= 4 is 0 Å². The molecule has 0 saturated carbocycles. The number of ether oxygens (including phenoxy) is 4. The average Bonchev–Trinajstić information content (AvgIpc) is 2.50. The first-order valence-electron chi connectivity index (χ1n) is 6.64. The van der Waals surface area contributed by atoms with Crippen molar-refractivity contribution in [2.45, 2.75) is 6.42 Å². The van der Waals surface area contributed by atoms with E-state index in [0.717, 1.165) is 18.8 Å². The molecule has 0 spiro atoms. The van der Waals surface area contributed by atoms with Gasteiger partial charge >= 0.3 is 0 Å². The van der Waals surface area contributed by atoms with Crippen LogP contribution in [-0.4, -0.2) is 46.8 Å². The standard InChI is InChI=1S/C15H21NO4/c1-17-7-2-8-18-9-10-19-11-12-20-15-5-3-14(13-16)4-6-15/h3-6H,2,7-12H2,1H3. The van der Waals surface area contributed by atoms with Gasteiger partial charge in [-0.2, -0.15) is 5.26 Å². The first kappa shape index (κ1) is 16.4. The molecule has 0 unspecified atom stereocenters. The largest absolute Gasteiger partial charge is 0.491 e. The maximum atomic E-state index is 8.66. The van der Waals surface area contributed by atoms with Crippen LogP contribution in [0.5, 0.6) is 5.75 Å². The molecule has 1 aromatic rings. The molecule has 0 N–H and O–H groups in total. The average molecular weight is 279 g/mol. The second-order valence-corrected chi connectivity index (χ2v) is 4.06. The van der Waals surface area contributed by atoms with Crippen LogP contribution in [0, 0.1) is 11.3 Å². The van der Waals surface area contributed by atoms with E-state index >= 15 is 0 Å². The molecule has 110 valence electrons. The summed E-state index contributed by atoms with van der Waals surface area (Å²) in [4.78, 5) is 0. The zero-order chi connectivity index (χ0) is 14.5. The van der Waals surface area contributed by atoms with E-state index < -0.39 is 0 Å². The number of hydrogen-bond donors (Lipinski definition) is 0. The van der Waals surface area contributed by atoms with Gasteiger partial charge in [-0.3, -0.25) is 0 Å². The molecular formula is C15H21NO4. The second kappa shape index (κ2) is 11.2. The predicted octanol–water partition coefficient (Wildman–Crippen LogP) is 2.01. The predicted molar refractivity (Wildman–Crippen MR) is 74.8 cm³/mol. The van der Waals surface area contributed by atoms with Gasteiger partial charge in [0.25, 0.3) is 0 Å². The van der Waals surface area contributed by atoms with Crippen LogP contribution in [0.25, 0.3) is 0 Å². The Bertz CT molecular complexity index is 386. The number of nitrogens with zero attached hydrogens (tertiary/aromatic N) is 1. The third-order valence-electron chi connectivity index (χ3n) is 2.49. The van der Waals surface area contributed by atoms with Crippen LogP contribution in [-0.2, 0) is 14.2 Å². The summed E-state index contributed by atoms with van der Waals surface area (Å²) in [5, 5.41) is 8.66. The molecule has 1 rings (SSSR count). The van der Waals surface area contributed by atoms with Crippen molar-refractivity contribution in [2.75, 3.05) is 46.8 Å². The molecule has 0 aliphatic rings. The minimum Gasteiger partial charge on any atom is -0.491 e. The molecule has 0 heterocycles. The molecule has 1 aromatic carbocycles. The van der Waals surface area contributed by atoms with Gasteiger partial charge in [0.1, 0.15) is 12.4 Å². The molecule has 0 aliphatic carbocycles. The molecule has 5 nitrogen and oxygen atoms in total. The zero-order valence-corrected chi connectivity index (χ0v) is 11.8. The second-order valence-electron chi connectivity index (χ2n) is 4.06. The quantitative estimate of drug-likeness (QED) is 0.580. The summed E-state index contributed by atoms with van der Waals surface area (Å²) in [6.45, 7) is 3.56. The molecule has 0 radical (unpaired) electrons. The lowest BCUT2D eigenvalue weighted by molar-refractivity contribution is 0.0304. The Kier molecular flexibility index (Phi) is 9.24. The highest BCUT2D eigenvalue weighted by Crippen LogP contribution is 2.11. The molecule has 0 fully saturated rings. The lowest BCUT2D eigenvalue weighted by Crippen LogP contribution is -2.11. The van der Waals surface area contributed by atoms with E-state index in [1.54, 1.807) is 31.4 Å². The number of hydrogen-bond acceptors (Lipinski definition) is 5. The van der Waals surface area contributed by atoms with Crippen LogP contribution >= 0.6 is 0 Å². The number of methoxy groups -OCH3 is 1. The third-order valence-corrected chi connectivity index (χ3v) is 2.49. The van der Waals surface area contributed by atoms with E-state index in [-0.39, 0.29) is 0 Å². The van der Waals surface area contributed by atoms with E-state index in [1.165, 1.54) is 0 Å². The highest BCUT2D eigenvalue weighted by molar-refractivity contribution is 5.34. The van der Waals surface area contributed by atoms with Gasteiger partial charge in [0, 0.05) is 20.3 Å². The van der Waals surface area contributed by atoms with E-state index in [4.69, 9.17) is 24.2 Å². The molecule has 0 amide bonds. The molecule has 0 bridgehead atoms. The number of benzene rings is 1. The van der Waals surface area contributed by atoms with Gasteiger partial charge in [0.2, 0.25) is 0 Å². The summed E-state index contributed by atoms with van der Waals surface area (Å²) in [6.07, 6.45) is 0.901. The lowest BCUT2D eigenvalue weighted by atomic mass is 10.2. The Morgan fingerprint density at radius 2 is 1.55 bits per heavy atom. The van der Waals surface area contributed by atoms with E-state index in [1.807, 2.05) is 0 Å². The lowest BCUT2D eigenvalue weighted by Gasteiger charge is -2.07. The van der Waals surface area contributed by atoms with Crippen LogP contribution in [0.2, 0.25) is 0 Å². The number of rotatable bonds is 11. The molecule has 0 saturated heterocycles. The summed E-state index contributed by atoms with van der Waals surface area (Å²) >= 11 is 0. The highest BCUT2D eigenvalue weighted by Gasteiger charge is 1.95. The van der Waals surface area contributed by atoms with Crippen molar-refractivity contribution in [1.29, 1.82) is 5.26 Å². The monoisotopic (exact) mass is 279 g/mol. The van der Waals surface area contributed by atoms with Crippen molar-refractivity contribution in [3.05, 3.63) is 29.8 Å². The summed E-state index contributed by atoms with van der Waals surface area (Å²) in [7, 11) is 1.68. The first-order chi connectivity index (χ1) is 9.86. The summed E-state index contributed by atoms with van der Waals surface area (Å²) in [5.41, 5.74) is 0.624. The SMILES string of the molecule is COCCCOCCOCCOc1ccc(C#N)cc1. The van der Waals surface area contributed by atoms with Gasteiger partial charge in [0.15, 0.2) is 0 Å². The maximum Gasteiger partial charge on any atom is 0.119 e. The van der Waals surface area contributed by atoms with Crippen molar-refractivity contribution in [1.82, 2.24) is 0 Å². The van der Waals surface area contributed by atoms with Crippen LogP contribution in [0.15, 0.2) is 24.3 Å². The number of nitriles is 1. The normalized spacial score (nSPS) is 10.2. The fourth-order valence-electron chi connectivity index (χ4n) is 1.47. The fraction of sp³-hybridized carbons (Fsp3) is 0.533. The Hall–Kier alpha value is -1.61. The Balaban J connectivity index is 1.93. The van der Waals surface area contributed by atoms with Crippen LogP contribution in [0.4, 0.5) is 0 Å². The molecule has 0 atom stereocenters. The Labute approximate surface area is 120 Å². The molecule has 5 heteroatoms. The van der Waals surface area contributed by atoms with Gasteiger partial charge in [-0.1, -0.05) is 0 Å². The molecule has 0 aromatic heterocycles. The van der Waals surface area contributed by atoms with Crippen molar-refractivity contribution in [2.24, 2.45) is 0 Å². The van der Waals surface area contributed by atoms with Gasteiger partial charge in [-0.05, 0) is 30.7 Å². The van der Waals surface area contributed by atoms with E-state index in [2.05, 4.69) is 6.07 Å². The first-order valence-corrected chi connectivity index (χ1v) is 6.64. The van der Waals surface area contributed by atoms with E-state index in [0.29, 0.717) is 38.6 Å². The van der Waals surface area contributed by atoms with E-state index in [9.17, 15) is 0 Å². The minimum atomic E-state index is 0.482. The summed E-state index contributed by atoms with van der Waals surface area (Å²) in [5.74, 6) is 0.739. The van der Waals surface area contributed by atoms with Gasteiger partial charge in [-0.25, -0.2) is 0 Å². The summed E-state index contributed by atoms with van der Waals surface area (Å²) in [6, 6.07) is 9.06. The van der Waals surface area contributed by atoms with Gasteiger partial charge in [0.05, 0.1) is 31.5 Å². The molecule has 0 aliphatic heterocycles.